The summed E-state index contributed by atoms with van der Waals surface area (Å²) in [5.41, 5.74) is 5.86. The Morgan fingerprint density at radius 3 is 2.49 bits per heavy atom. The second-order valence-electron chi connectivity index (χ2n) is 8.02. The number of primary amides is 1. The predicted octanol–water partition coefficient (Wildman–Crippen LogP) is 4.23. The lowest BCUT2D eigenvalue weighted by molar-refractivity contribution is 0.104. The SMILES string of the molecule is CCn1c(=O)c(-c2c(Cl)c(OC)cc(OC)c2Cl)cc2cnc(N[C@@H]3CCC[C@@H]3OC(N)=O)nc21. The molecule has 1 aliphatic carbocycles. The molecule has 2 aromatic heterocycles. The summed E-state index contributed by atoms with van der Waals surface area (Å²) < 4.78 is 17.4. The van der Waals surface area contributed by atoms with Gasteiger partial charge in [0.25, 0.3) is 5.56 Å². The monoisotopic (exact) mass is 521 g/mol. The number of aryl methyl sites for hydroxylation is 1. The van der Waals surface area contributed by atoms with Gasteiger partial charge in [-0.05, 0) is 32.3 Å². The number of aromatic nitrogens is 3. The first-order valence-corrected chi connectivity index (χ1v) is 11.8. The molecule has 0 radical (unpaired) electrons. The van der Waals surface area contributed by atoms with Crippen LogP contribution in [0.1, 0.15) is 26.2 Å². The molecule has 1 aromatic carbocycles. The van der Waals surface area contributed by atoms with Gasteiger partial charge in [-0.1, -0.05) is 23.2 Å². The molecular weight excluding hydrogens is 497 g/mol. The van der Waals surface area contributed by atoms with Crippen LogP contribution in [0.3, 0.4) is 0 Å². The molecule has 1 aliphatic rings. The fraction of sp³-hybridized carbons (Fsp3) is 0.391. The van der Waals surface area contributed by atoms with E-state index >= 15 is 0 Å². The van der Waals surface area contributed by atoms with Crippen LogP contribution < -0.4 is 26.1 Å². The number of nitrogens with zero attached hydrogens (tertiary/aromatic N) is 3. The third kappa shape index (κ3) is 4.68. The van der Waals surface area contributed by atoms with E-state index in [1.807, 2.05) is 6.92 Å². The molecule has 2 heterocycles. The van der Waals surface area contributed by atoms with E-state index in [1.54, 1.807) is 18.3 Å². The standard InChI is InChI=1S/C23H25Cl2N5O5/c1-4-30-20-11(10-27-23(29-20)28-13-6-5-7-14(13)35-22(26)32)8-12(21(30)31)17-18(24)15(33-2)9-16(34-3)19(17)25/h8-10,13-14H,4-7H2,1-3H3,(H2,26,32)(H,27,28,29)/t13-,14+/m1/s1. The molecule has 0 unspecified atom stereocenters. The minimum atomic E-state index is -0.818. The fourth-order valence-electron chi connectivity index (χ4n) is 4.37. The van der Waals surface area contributed by atoms with Gasteiger partial charge in [0.2, 0.25) is 5.95 Å². The maximum absolute atomic E-state index is 13.6. The second kappa shape index (κ2) is 10.2. The van der Waals surface area contributed by atoms with E-state index < -0.39 is 6.09 Å². The van der Waals surface area contributed by atoms with Crippen LogP contribution in [0, 0.1) is 0 Å². The van der Waals surface area contributed by atoms with Gasteiger partial charge in [-0.25, -0.2) is 9.78 Å². The van der Waals surface area contributed by atoms with Crippen molar-refractivity contribution < 1.29 is 19.0 Å². The molecule has 12 heteroatoms. The van der Waals surface area contributed by atoms with Crippen LogP contribution in [0.4, 0.5) is 10.7 Å². The smallest absolute Gasteiger partial charge is 0.404 e. The number of benzene rings is 1. The molecule has 1 fully saturated rings. The van der Waals surface area contributed by atoms with Gasteiger partial charge < -0.3 is 25.3 Å². The number of carbonyl (C=O) groups excluding carboxylic acids is 1. The highest BCUT2D eigenvalue weighted by Gasteiger charge is 2.31. The Balaban J connectivity index is 1.81. The van der Waals surface area contributed by atoms with Crippen molar-refractivity contribution in [1.82, 2.24) is 14.5 Å². The first kappa shape index (κ1) is 24.9. The third-order valence-corrected chi connectivity index (χ3v) is 6.77. The maximum atomic E-state index is 13.6. The van der Waals surface area contributed by atoms with E-state index in [9.17, 15) is 9.59 Å². The highest BCUT2D eigenvalue weighted by atomic mass is 35.5. The zero-order valence-corrected chi connectivity index (χ0v) is 20.9. The molecule has 0 bridgehead atoms. The highest BCUT2D eigenvalue weighted by Crippen LogP contribution is 2.45. The number of pyridine rings is 1. The maximum Gasteiger partial charge on any atom is 0.404 e. The number of hydrogen-bond donors (Lipinski definition) is 2. The molecule has 2 atom stereocenters. The Morgan fingerprint density at radius 1 is 1.20 bits per heavy atom. The van der Waals surface area contributed by atoms with Gasteiger partial charge in [0.05, 0.1) is 35.9 Å². The Kier molecular flexibility index (Phi) is 7.23. The molecule has 1 saturated carbocycles. The van der Waals surface area contributed by atoms with E-state index in [4.69, 9.17) is 43.1 Å². The molecule has 186 valence electrons. The number of nitrogens with two attached hydrogens (primary N) is 1. The summed E-state index contributed by atoms with van der Waals surface area (Å²) in [6.45, 7) is 2.18. The normalized spacial score (nSPS) is 17.4. The lowest BCUT2D eigenvalue weighted by Gasteiger charge is -2.21. The number of carbonyl (C=O) groups is 1. The number of halogens is 2. The van der Waals surface area contributed by atoms with E-state index in [0.29, 0.717) is 47.0 Å². The first-order valence-electron chi connectivity index (χ1n) is 11.0. The van der Waals surface area contributed by atoms with Gasteiger partial charge in [-0.2, -0.15) is 4.98 Å². The molecule has 0 aliphatic heterocycles. The summed E-state index contributed by atoms with van der Waals surface area (Å²) in [5, 5.41) is 4.20. The topological polar surface area (TPSA) is 131 Å². The van der Waals surface area contributed by atoms with Crippen LogP contribution in [0.2, 0.25) is 10.0 Å². The third-order valence-electron chi connectivity index (χ3n) is 6.02. The summed E-state index contributed by atoms with van der Waals surface area (Å²) in [6, 6.07) is 3.03. The second-order valence-corrected chi connectivity index (χ2v) is 8.78. The molecule has 35 heavy (non-hydrogen) atoms. The predicted molar refractivity (Wildman–Crippen MR) is 134 cm³/mol. The molecule has 4 rings (SSSR count). The van der Waals surface area contributed by atoms with Gasteiger partial charge in [-0.3, -0.25) is 9.36 Å². The van der Waals surface area contributed by atoms with Gasteiger partial charge in [0.15, 0.2) is 0 Å². The van der Waals surface area contributed by atoms with Gasteiger partial charge in [0, 0.05) is 29.8 Å². The number of methoxy groups -OCH3 is 2. The average Bonchev–Trinajstić information content (AvgIpc) is 3.25. The minimum absolute atomic E-state index is 0.178. The van der Waals surface area contributed by atoms with Crippen LogP contribution in [-0.2, 0) is 11.3 Å². The van der Waals surface area contributed by atoms with Crippen molar-refractivity contribution >= 4 is 46.3 Å². The summed E-state index contributed by atoms with van der Waals surface area (Å²) in [5.74, 6) is 0.965. The lowest BCUT2D eigenvalue weighted by Crippen LogP contribution is -2.34. The van der Waals surface area contributed by atoms with Crippen molar-refractivity contribution in [3.8, 4) is 22.6 Å². The number of ether oxygens (including phenoxy) is 3. The Bertz CT molecular complexity index is 1320. The van der Waals surface area contributed by atoms with Crippen molar-refractivity contribution in [2.75, 3.05) is 19.5 Å². The Labute approximate surface area is 211 Å². The van der Waals surface area contributed by atoms with Crippen LogP contribution in [-0.4, -0.2) is 47.0 Å². The number of amides is 1. The number of rotatable bonds is 7. The number of hydrogen-bond acceptors (Lipinski definition) is 8. The summed E-state index contributed by atoms with van der Waals surface area (Å²) >= 11 is 13.1. The van der Waals surface area contributed by atoms with Crippen molar-refractivity contribution in [3.05, 3.63) is 38.7 Å². The molecular formula is C23H25Cl2N5O5. The lowest BCUT2D eigenvalue weighted by atomic mass is 10.0. The summed E-state index contributed by atoms with van der Waals surface area (Å²) in [4.78, 5) is 33.8. The molecule has 3 N–H and O–H groups in total. The fourth-order valence-corrected chi connectivity index (χ4v) is 5.07. The minimum Gasteiger partial charge on any atom is -0.495 e. The van der Waals surface area contributed by atoms with Crippen molar-refractivity contribution in [2.24, 2.45) is 5.73 Å². The molecule has 0 spiro atoms. The number of fused-ring (bicyclic) bond motifs is 1. The molecule has 1 amide bonds. The molecule has 0 saturated heterocycles. The largest absolute Gasteiger partial charge is 0.495 e. The highest BCUT2D eigenvalue weighted by molar-refractivity contribution is 6.41. The Morgan fingerprint density at radius 2 is 1.89 bits per heavy atom. The zero-order valence-electron chi connectivity index (χ0n) is 19.4. The zero-order chi connectivity index (χ0) is 25.3. The van der Waals surface area contributed by atoms with Gasteiger partial charge in [-0.15, -0.1) is 0 Å². The number of anilines is 1. The van der Waals surface area contributed by atoms with Crippen molar-refractivity contribution in [3.63, 3.8) is 0 Å². The molecule has 3 aromatic rings. The van der Waals surface area contributed by atoms with Crippen LogP contribution in [0.25, 0.3) is 22.2 Å². The van der Waals surface area contributed by atoms with Crippen molar-refractivity contribution in [2.45, 2.75) is 44.9 Å². The van der Waals surface area contributed by atoms with Gasteiger partial charge in [0.1, 0.15) is 23.3 Å². The van der Waals surface area contributed by atoms with Crippen LogP contribution in [0.15, 0.2) is 23.1 Å². The van der Waals surface area contributed by atoms with E-state index in [2.05, 4.69) is 15.3 Å². The number of nitrogens with one attached hydrogen (secondary N) is 1. The molecule has 10 nitrogen and oxygen atoms in total. The summed E-state index contributed by atoms with van der Waals surface area (Å²) in [6.07, 6.45) is 2.77. The van der Waals surface area contributed by atoms with E-state index in [0.717, 1.165) is 12.8 Å². The van der Waals surface area contributed by atoms with Crippen LogP contribution in [0.5, 0.6) is 11.5 Å². The quantitative estimate of drug-likeness (QED) is 0.472. The average molecular weight is 522 g/mol. The first-order chi connectivity index (χ1) is 16.8. The summed E-state index contributed by atoms with van der Waals surface area (Å²) in [7, 11) is 2.93. The van der Waals surface area contributed by atoms with E-state index in [1.165, 1.54) is 18.8 Å². The van der Waals surface area contributed by atoms with Crippen LogP contribution >= 0.6 is 23.2 Å². The van der Waals surface area contributed by atoms with E-state index in [-0.39, 0.29) is 33.3 Å². The Hall–Kier alpha value is -3.24. The van der Waals surface area contributed by atoms with Crippen molar-refractivity contribution in [1.29, 1.82) is 0 Å². The van der Waals surface area contributed by atoms with Gasteiger partial charge >= 0.3 is 6.09 Å².